The smallest absolute Gasteiger partial charge is 0.328 e. The van der Waals surface area contributed by atoms with Crippen LogP contribution >= 0.6 is 0 Å². The van der Waals surface area contributed by atoms with Gasteiger partial charge in [-0.1, -0.05) is 6.92 Å². The van der Waals surface area contributed by atoms with Crippen LogP contribution in [0.25, 0.3) is 0 Å². The zero-order valence-electron chi connectivity index (χ0n) is 11.1. The number of carbonyl (C=O) groups is 3. The van der Waals surface area contributed by atoms with Crippen molar-refractivity contribution in [2.45, 2.75) is 38.9 Å². The number of nitrogens with zero attached hydrogens (tertiary/aromatic N) is 1. The molecule has 7 heteroatoms. The second kappa shape index (κ2) is 7.06. The van der Waals surface area contributed by atoms with Gasteiger partial charge in [-0.25, -0.2) is 9.18 Å². The topological polar surface area (TPSA) is 72.9 Å². The van der Waals surface area contributed by atoms with E-state index in [0.717, 1.165) is 4.90 Å². The van der Waals surface area contributed by atoms with Crippen molar-refractivity contribution in [3.63, 3.8) is 0 Å². The van der Waals surface area contributed by atoms with Crippen molar-refractivity contribution in [3.8, 4) is 0 Å². The molecule has 2 atom stereocenters. The number of likely N-dealkylation sites (tertiary alicyclic amines) is 1. The number of hydrogen-bond acceptors (Lipinski definition) is 5. The molecule has 0 aromatic rings. The maximum Gasteiger partial charge on any atom is 0.328 e. The van der Waals surface area contributed by atoms with Gasteiger partial charge >= 0.3 is 11.9 Å². The Bertz CT molecular complexity index is 360. The molecule has 1 saturated heterocycles. The summed E-state index contributed by atoms with van der Waals surface area (Å²) in [6.07, 6.45) is -0.687. The maximum absolute atomic E-state index is 13.4. The quantitative estimate of drug-likeness (QED) is 0.681. The van der Waals surface area contributed by atoms with Crippen molar-refractivity contribution in [1.82, 2.24) is 4.90 Å². The van der Waals surface area contributed by atoms with Crippen LogP contribution in [0.15, 0.2) is 0 Å². The van der Waals surface area contributed by atoms with Crippen molar-refractivity contribution in [3.05, 3.63) is 0 Å². The lowest BCUT2D eigenvalue weighted by Gasteiger charge is -2.22. The van der Waals surface area contributed by atoms with Gasteiger partial charge in [0.2, 0.25) is 0 Å². The number of alkyl halides is 1. The minimum atomic E-state index is -1.26. The molecule has 0 bridgehead atoms. The average Bonchev–Trinajstić information content (AvgIpc) is 2.75. The van der Waals surface area contributed by atoms with Crippen LogP contribution in [0.4, 0.5) is 4.39 Å². The van der Waals surface area contributed by atoms with Crippen LogP contribution in [0, 0.1) is 0 Å². The molecule has 1 fully saturated rings. The number of halogens is 1. The first-order valence-corrected chi connectivity index (χ1v) is 6.19. The first-order chi connectivity index (χ1) is 8.95. The Hall–Kier alpha value is -1.66. The van der Waals surface area contributed by atoms with E-state index in [2.05, 4.69) is 4.74 Å². The van der Waals surface area contributed by atoms with Gasteiger partial charge < -0.3 is 14.4 Å². The summed E-state index contributed by atoms with van der Waals surface area (Å²) in [5.41, 5.74) is 0. The Labute approximate surface area is 110 Å². The van der Waals surface area contributed by atoms with Gasteiger partial charge in [-0.15, -0.1) is 0 Å². The molecule has 0 unspecified atom stereocenters. The summed E-state index contributed by atoms with van der Waals surface area (Å²) in [5.74, 6) is -1.80. The van der Waals surface area contributed by atoms with Gasteiger partial charge in [0.15, 0.2) is 6.61 Å². The molecular weight excluding hydrogens is 257 g/mol. The zero-order valence-corrected chi connectivity index (χ0v) is 11.1. The van der Waals surface area contributed by atoms with Crippen LogP contribution in [-0.4, -0.2) is 54.7 Å². The fraction of sp³-hybridized carbons (Fsp3) is 0.750. The molecule has 0 spiro atoms. The monoisotopic (exact) mass is 275 g/mol. The summed E-state index contributed by atoms with van der Waals surface area (Å²) >= 11 is 0. The normalized spacial score (nSPS) is 22.2. The third-order valence-electron chi connectivity index (χ3n) is 2.69. The van der Waals surface area contributed by atoms with Gasteiger partial charge in [-0.05, 0) is 6.42 Å². The average molecular weight is 275 g/mol. The summed E-state index contributed by atoms with van der Waals surface area (Å²) < 4.78 is 22.8. The predicted octanol–water partition coefficient (Wildman–Crippen LogP) is 0.442. The van der Waals surface area contributed by atoms with Gasteiger partial charge in [0.1, 0.15) is 12.2 Å². The molecule has 1 heterocycles. The highest BCUT2D eigenvalue weighted by atomic mass is 19.1. The summed E-state index contributed by atoms with van der Waals surface area (Å²) in [6.45, 7) is 2.58. The van der Waals surface area contributed by atoms with Crippen molar-refractivity contribution in [2.24, 2.45) is 0 Å². The lowest BCUT2D eigenvalue weighted by molar-refractivity contribution is -0.157. The molecule has 1 aliphatic rings. The third-order valence-corrected chi connectivity index (χ3v) is 2.69. The van der Waals surface area contributed by atoms with E-state index in [0.29, 0.717) is 6.42 Å². The first-order valence-electron chi connectivity index (χ1n) is 6.19. The van der Waals surface area contributed by atoms with Gasteiger partial charge in [0.05, 0.1) is 13.2 Å². The minimum Gasteiger partial charge on any atom is -0.464 e. The van der Waals surface area contributed by atoms with E-state index >= 15 is 0 Å². The molecule has 0 N–H and O–H groups in total. The molecule has 0 aromatic carbocycles. The predicted molar refractivity (Wildman–Crippen MR) is 62.9 cm³/mol. The van der Waals surface area contributed by atoms with Crippen LogP contribution in [0.3, 0.4) is 0 Å². The highest BCUT2D eigenvalue weighted by Crippen LogP contribution is 2.21. The van der Waals surface area contributed by atoms with Gasteiger partial charge in [0, 0.05) is 13.3 Å². The SMILES string of the molecule is CCCOC(=O)[C@@H]1C[C@H](F)CN1C(=O)COC(C)=O. The number of esters is 2. The maximum atomic E-state index is 13.4. The van der Waals surface area contributed by atoms with Crippen LogP contribution < -0.4 is 0 Å². The van der Waals surface area contributed by atoms with Crippen LogP contribution in [-0.2, 0) is 23.9 Å². The molecule has 1 amide bonds. The first kappa shape index (κ1) is 15.4. The fourth-order valence-electron chi connectivity index (χ4n) is 1.83. The van der Waals surface area contributed by atoms with E-state index in [9.17, 15) is 18.8 Å². The summed E-state index contributed by atoms with van der Waals surface area (Å²) in [7, 11) is 0. The van der Waals surface area contributed by atoms with E-state index in [1.54, 1.807) is 0 Å². The minimum absolute atomic E-state index is 0.0750. The van der Waals surface area contributed by atoms with E-state index < -0.39 is 36.7 Å². The number of ether oxygens (including phenoxy) is 2. The molecule has 1 aliphatic heterocycles. The Morgan fingerprint density at radius 2 is 2.00 bits per heavy atom. The zero-order chi connectivity index (χ0) is 14.4. The molecule has 0 saturated carbocycles. The molecule has 0 aromatic heterocycles. The van der Waals surface area contributed by atoms with Crippen molar-refractivity contribution in [2.75, 3.05) is 19.8 Å². The highest BCUT2D eigenvalue weighted by molar-refractivity contribution is 5.87. The lowest BCUT2D eigenvalue weighted by atomic mass is 10.2. The van der Waals surface area contributed by atoms with Crippen LogP contribution in [0.5, 0.6) is 0 Å². The molecule has 108 valence electrons. The van der Waals surface area contributed by atoms with Gasteiger partial charge in [-0.2, -0.15) is 0 Å². The Balaban J connectivity index is 2.60. The number of amides is 1. The second-order valence-corrected chi connectivity index (χ2v) is 4.34. The second-order valence-electron chi connectivity index (χ2n) is 4.34. The lowest BCUT2D eigenvalue weighted by Crippen LogP contribution is -2.43. The molecular formula is C12H18FNO5. The van der Waals surface area contributed by atoms with E-state index in [4.69, 9.17) is 4.74 Å². The summed E-state index contributed by atoms with van der Waals surface area (Å²) in [4.78, 5) is 35.2. The number of hydrogen-bond donors (Lipinski definition) is 0. The molecule has 0 radical (unpaired) electrons. The highest BCUT2D eigenvalue weighted by Gasteiger charge is 2.40. The van der Waals surface area contributed by atoms with Crippen LogP contribution in [0.2, 0.25) is 0 Å². The largest absolute Gasteiger partial charge is 0.464 e. The van der Waals surface area contributed by atoms with Gasteiger partial charge in [0.25, 0.3) is 5.91 Å². The molecule has 19 heavy (non-hydrogen) atoms. The summed E-state index contributed by atoms with van der Waals surface area (Å²) in [6, 6.07) is -0.926. The van der Waals surface area contributed by atoms with E-state index in [1.165, 1.54) is 6.92 Å². The summed E-state index contributed by atoms with van der Waals surface area (Å²) in [5, 5.41) is 0. The standard InChI is InChI=1S/C12H18FNO5/c1-3-4-18-12(17)10-5-9(13)6-14(10)11(16)7-19-8(2)15/h9-10H,3-7H2,1-2H3/t9-,10-/m0/s1. The molecule has 1 rings (SSSR count). The van der Waals surface area contributed by atoms with E-state index in [1.807, 2.05) is 6.92 Å². The molecule has 0 aliphatic carbocycles. The fourth-order valence-corrected chi connectivity index (χ4v) is 1.83. The van der Waals surface area contributed by atoms with Crippen molar-refractivity contribution >= 4 is 17.8 Å². The van der Waals surface area contributed by atoms with Crippen LogP contribution in [0.1, 0.15) is 26.7 Å². The Morgan fingerprint density at radius 3 is 2.58 bits per heavy atom. The Kier molecular flexibility index (Phi) is 5.72. The third kappa shape index (κ3) is 4.50. The number of carbonyl (C=O) groups excluding carboxylic acids is 3. The van der Waals surface area contributed by atoms with Crippen molar-refractivity contribution < 1.29 is 28.2 Å². The van der Waals surface area contributed by atoms with Gasteiger partial charge in [-0.3, -0.25) is 9.59 Å². The number of rotatable bonds is 5. The Morgan fingerprint density at radius 1 is 1.32 bits per heavy atom. The van der Waals surface area contributed by atoms with Crippen molar-refractivity contribution in [1.29, 1.82) is 0 Å². The molecule has 6 nitrogen and oxygen atoms in total. The van der Waals surface area contributed by atoms with E-state index in [-0.39, 0.29) is 19.6 Å².